The van der Waals surface area contributed by atoms with Gasteiger partial charge >= 0.3 is 0 Å². The predicted molar refractivity (Wildman–Crippen MR) is 119 cm³/mol. The number of nitrogens with zero attached hydrogens (tertiary/aromatic N) is 3. The lowest BCUT2D eigenvalue weighted by atomic mass is 10.0. The minimum atomic E-state index is -0.461. The summed E-state index contributed by atoms with van der Waals surface area (Å²) in [6.45, 7) is 5.43. The quantitative estimate of drug-likeness (QED) is 0.436. The van der Waals surface area contributed by atoms with E-state index < -0.39 is 4.92 Å². The number of nitrogens with one attached hydrogen (secondary N) is 2. The Balaban J connectivity index is 1.47. The molecule has 0 saturated carbocycles. The summed E-state index contributed by atoms with van der Waals surface area (Å²) in [5.74, 6) is 0.127. The zero-order valence-electron chi connectivity index (χ0n) is 17.8. The molecule has 1 aliphatic rings. The maximum Gasteiger partial charge on any atom is 0.270 e. The van der Waals surface area contributed by atoms with E-state index in [1.807, 2.05) is 6.92 Å². The smallest absolute Gasteiger partial charge is 0.270 e. The van der Waals surface area contributed by atoms with Gasteiger partial charge < -0.3 is 15.0 Å². The molecule has 166 valence electrons. The van der Waals surface area contributed by atoms with Gasteiger partial charge in [-0.1, -0.05) is 42.0 Å². The van der Waals surface area contributed by atoms with Gasteiger partial charge in [-0.15, -0.1) is 0 Å². The largest absolute Gasteiger partial charge is 0.379 e. The van der Waals surface area contributed by atoms with Crippen molar-refractivity contribution < 1.29 is 14.5 Å². The molecular formula is C23H25N5O4. The van der Waals surface area contributed by atoms with E-state index in [9.17, 15) is 14.9 Å². The third-order valence-corrected chi connectivity index (χ3v) is 5.56. The van der Waals surface area contributed by atoms with Crippen LogP contribution in [0.25, 0.3) is 11.4 Å². The maximum absolute atomic E-state index is 12.8. The molecule has 0 spiro atoms. The fraction of sp³-hybridized carbons (Fsp3) is 0.304. The van der Waals surface area contributed by atoms with Crippen LogP contribution in [-0.4, -0.2) is 58.5 Å². The van der Waals surface area contributed by atoms with Gasteiger partial charge in [-0.25, -0.2) is 4.98 Å². The van der Waals surface area contributed by atoms with Gasteiger partial charge in [-0.05, 0) is 12.5 Å². The van der Waals surface area contributed by atoms with Crippen molar-refractivity contribution in [3.05, 3.63) is 81.7 Å². The van der Waals surface area contributed by atoms with Gasteiger partial charge in [0, 0.05) is 37.3 Å². The summed E-state index contributed by atoms with van der Waals surface area (Å²) in [5, 5.41) is 14.0. The van der Waals surface area contributed by atoms with Crippen LogP contribution < -0.4 is 5.32 Å². The number of aryl methyl sites for hydroxylation is 1. The van der Waals surface area contributed by atoms with Gasteiger partial charge in [0.1, 0.15) is 11.5 Å². The molecule has 1 aliphatic heterocycles. The molecule has 2 aromatic carbocycles. The molecule has 0 aliphatic carbocycles. The molecule has 32 heavy (non-hydrogen) atoms. The van der Waals surface area contributed by atoms with Crippen LogP contribution in [0.1, 0.15) is 27.7 Å². The van der Waals surface area contributed by atoms with E-state index in [0.717, 1.165) is 18.7 Å². The number of imidazole rings is 1. The number of carbonyl (C=O) groups excluding carboxylic acids is 1. The van der Waals surface area contributed by atoms with E-state index in [0.29, 0.717) is 36.8 Å². The van der Waals surface area contributed by atoms with E-state index in [1.54, 1.807) is 12.1 Å². The second-order valence-electron chi connectivity index (χ2n) is 7.74. The van der Waals surface area contributed by atoms with Crippen LogP contribution in [0, 0.1) is 17.0 Å². The van der Waals surface area contributed by atoms with Crippen molar-refractivity contribution in [1.82, 2.24) is 20.2 Å². The highest BCUT2D eigenvalue weighted by Gasteiger charge is 2.24. The van der Waals surface area contributed by atoms with Crippen LogP contribution >= 0.6 is 0 Å². The molecule has 2 N–H and O–H groups in total. The second kappa shape index (κ2) is 9.71. The number of non-ortho nitro benzene ring substituents is 1. The summed E-state index contributed by atoms with van der Waals surface area (Å²) in [7, 11) is 0. The number of aromatic nitrogens is 2. The van der Waals surface area contributed by atoms with Crippen molar-refractivity contribution >= 4 is 11.6 Å². The number of hydrogen-bond donors (Lipinski definition) is 2. The molecule has 9 nitrogen and oxygen atoms in total. The summed E-state index contributed by atoms with van der Waals surface area (Å²) < 4.78 is 5.48. The Morgan fingerprint density at radius 2 is 2.00 bits per heavy atom. The van der Waals surface area contributed by atoms with Crippen molar-refractivity contribution in [3.63, 3.8) is 0 Å². The number of rotatable bonds is 7. The molecule has 4 rings (SSSR count). The van der Waals surface area contributed by atoms with Crippen molar-refractivity contribution in [1.29, 1.82) is 0 Å². The topological polar surface area (TPSA) is 113 Å². The van der Waals surface area contributed by atoms with Gasteiger partial charge in [0.25, 0.3) is 11.6 Å². The van der Waals surface area contributed by atoms with Crippen molar-refractivity contribution in [2.45, 2.75) is 13.0 Å². The minimum Gasteiger partial charge on any atom is -0.379 e. The third kappa shape index (κ3) is 5.01. The molecule has 9 heteroatoms. The standard InChI is InChI=1S/C23H25N5O4/c1-16-5-7-17(8-6-16)21(27-9-11-32-12-10-27)15-25-23(29)20-14-24-22(26-20)18-3-2-4-19(13-18)28(30)31/h2-8,13-14,21H,9-12,15H2,1H3,(H,24,26)(H,25,29). The molecule has 1 unspecified atom stereocenters. The number of H-pyrrole nitrogens is 1. The summed E-state index contributed by atoms with van der Waals surface area (Å²) in [6.07, 6.45) is 1.44. The van der Waals surface area contributed by atoms with Crippen LogP contribution in [0.5, 0.6) is 0 Å². The summed E-state index contributed by atoms with van der Waals surface area (Å²) >= 11 is 0. The zero-order valence-corrected chi connectivity index (χ0v) is 17.8. The highest BCUT2D eigenvalue weighted by Crippen LogP contribution is 2.23. The molecular weight excluding hydrogens is 410 g/mol. The number of amides is 1. The Morgan fingerprint density at radius 3 is 2.72 bits per heavy atom. The van der Waals surface area contributed by atoms with E-state index in [4.69, 9.17) is 4.74 Å². The van der Waals surface area contributed by atoms with Crippen molar-refractivity contribution in [2.75, 3.05) is 32.8 Å². The van der Waals surface area contributed by atoms with Gasteiger partial charge in [0.2, 0.25) is 0 Å². The lowest BCUT2D eigenvalue weighted by Crippen LogP contribution is -2.43. The maximum atomic E-state index is 12.8. The van der Waals surface area contributed by atoms with Gasteiger partial charge in [0.15, 0.2) is 0 Å². The van der Waals surface area contributed by atoms with Crippen LogP contribution in [0.15, 0.2) is 54.7 Å². The van der Waals surface area contributed by atoms with E-state index >= 15 is 0 Å². The number of morpholine rings is 1. The Labute approximate surface area is 185 Å². The van der Waals surface area contributed by atoms with Crippen molar-refractivity contribution in [3.8, 4) is 11.4 Å². The molecule has 1 atom stereocenters. The molecule has 2 heterocycles. The van der Waals surface area contributed by atoms with Crippen molar-refractivity contribution in [2.24, 2.45) is 0 Å². The van der Waals surface area contributed by atoms with Crippen LogP contribution in [0.2, 0.25) is 0 Å². The number of nitro benzene ring substituents is 1. The zero-order chi connectivity index (χ0) is 22.5. The van der Waals surface area contributed by atoms with Gasteiger partial charge in [-0.3, -0.25) is 19.8 Å². The SMILES string of the molecule is Cc1ccc(C(CNC(=O)c2cnc(-c3cccc([N+](=O)[O-])c3)[nH]2)N2CCOCC2)cc1. The number of ether oxygens (including phenoxy) is 1. The van der Waals surface area contributed by atoms with Crippen LogP contribution in [0.4, 0.5) is 5.69 Å². The number of hydrogen-bond acceptors (Lipinski definition) is 6. The number of aromatic amines is 1. The summed E-state index contributed by atoms with van der Waals surface area (Å²) in [6, 6.07) is 14.5. The Morgan fingerprint density at radius 1 is 1.25 bits per heavy atom. The number of benzene rings is 2. The highest BCUT2D eigenvalue weighted by molar-refractivity contribution is 5.92. The fourth-order valence-corrected chi connectivity index (χ4v) is 3.77. The first-order chi connectivity index (χ1) is 15.5. The molecule has 0 radical (unpaired) electrons. The lowest BCUT2D eigenvalue weighted by molar-refractivity contribution is -0.384. The molecule has 1 fully saturated rings. The average molecular weight is 435 g/mol. The second-order valence-corrected chi connectivity index (χ2v) is 7.74. The summed E-state index contributed by atoms with van der Waals surface area (Å²) in [5.41, 5.74) is 3.14. The Hall–Kier alpha value is -3.56. The first-order valence-corrected chi connectivity index (χ1v) is 10.5. The monoisotopic (exact) mass is 435 g/mol. The first kappa shape index (κ1) is 21.7. The predicted octanol–water partition coefficient (Wildman–Crippen LogP) is 3.10. The molecule has 0 bridgehead atoms. The number of nitro groups is 1. The normalized spacial score (nSPS) is 15.3. The summed E-state index contributed by atoms with van der Waals surface area (Å²) in [4.78, 5) is 32.9. The van der Waals surface area contributed by atoms with Gasteiger partial charge in [0.05, 0.1) is 30.4 Å². The fourth-order valence-electron chi connectivity index (χ4n) is 3.77. The number of carbonyl (C=O) groups is 1. The average Bonchev–Trinajstić information content (AvgIpc) is 3.31. The minimum absolute atomic E-state index is 0.0302. The third-order valence-electron chi connectivity index (χ3n) is 5.56. The lowest BCUT2D eigenvalue weighted by Gasteiger charge is -2.35. The highest BCUT2D eigenvalue weighted by atomic mass is 16.6. The van der Waals surface area contributed by atoms with E-state index in [2.05, 4.69) is 44.5 Å². The van der Waals surface area contributed by atoms with Crippen LogP contribution in [0.3, 0.4) is 0 Å². The first-order valence-electron chi connectivity index (χ1n) is 10.5. The van der Waals surface area contributed by atoms with E-state index in [1.165, 1.54) is 23.9 Å². The van der Waals surface area contributed by atoms with E-state index in [-0.39, 0.29) is 17.6 Å². The molecule has 1 saturated heterocycles. The molecule has 1 aromatic heterocycles. The Bertz CT molecular complexity index is 1090. The molecule has 3 aromatic rings. The van der Waals surface area contributed by atoms with Crippen LogP contribution in [-0.2, 0) is 4.74 Å². The van der Waals surface area contributed by atoms with Gasteiger partial charge in [-0.2, -0.15) is 0 Å². The Kier molecular flexibility index (Phi) is 6.58. The molecule has 1 amide bonds.